The molecule has 0 saturated heterocycles. The van der Waals surface area contributed by atoms with Gasteiger partial charge in [0.2, 0.25) is 5.15 Å². The second-order valence-corrected chi connectivity index (χ2v) is 4.57. The van der Waals surface area contributed by atoms with Crippen LogP contribution in [0, 0.1) is 15.9 Å². The molecule has 2 rings (SSSR count). The molecule has 0 radical (unpaired) electrons. The fraction of sp³-hybridized carbons (Fsp3) is 0. The monoisotopic (exact) mass is 329 g/mol. The Morgan fingerprint density at radius 2 is 2.05 bits per heavy atom. The van der Waals surface area contributed by atoms with Crippen molar-refractivity contribution in [1.82, 2.24) is 4.98 Å². The number of nitrogens with one attached hydrogen (secondary N) is 1. The number of aromatic nitrogens is 1. The number of hydrogen-bond donors (Lipinski definition) is 1. The molecule has 108 valence electrons. The molecule has 0 aliphatic carbocycles. The van der Waals surface area contributed by atoms with Crippen LogP contribution in [-0.2, 0) is 0 Å². The molecule has 1 aromatic heterocycles. The number of benzene rings is 1. The topological polar surface area (TPSA) is 85.1 Å². The molecule has 0 aliphatic heterocycles. The molecule has 0 fully saturated rings. The first-order chi connectivity index (χ1) is 9.91. The van der Waals surface area contributed by atoms with Crippen LogP contribution in [0.5, 0.6) is 0 Å². The van der Waals surface area contributed by atoms with Crippen molar-refractivity contribution in [2.45, 2.75) is 0 Å². The summed E-state index contributed by atoms with van der Waals surface area (Å²) in [5.74, 6) is -1.68. The Hall–Kier alpha value is -2.25. The molecular weight excluding hydrogens is 324 g/mol. The van der Waals surface area contributed by atoms with Gasteiger partial charge in [0.1, 0.15) is 11.4 Å². The van der Waals surface area contributed by atoms with Crippen LogP contribution in [0.4, 0.5) is 15.8 Å². The van der Waals surface area contributed by atoms with Crippen LogP contribution in [0.1, 0.15) is 10.4 Å². The van der Waals surface area contributed by atoms with Crippen molar-refractivity contribution in [3.63, 3.8) is 0 Å². The molecule has 0 spiro atoms. The van der Waals surface area contributed by atoms with E-state index in [1.54, 1.807) is 0 Å². The first kappa shape index (κ1) is 15.1. The summed E-state index contributed by atoms with van der Waals surface area (Å²) in [6.07, 6.45) is 1.13. The molecule has 1 N–H and O–H groups in total. The molecule has 6 nitrogen and oxygen atoms in total. The van der Waals surface area contributed by atoms with Gasteiger partial charge in [-0.2, -0.15) is 0 Å². The summed E-state index contributed by atoms with van der Waals surface area (Å²) in [5, 5.41) is 12.6. The van der Waals surface area contributed by atoms with Crippen LogP contribution in [-0.4, -0.2) is 15.8 Å². The number of amides is 1. The molecule has 9 heteroatoms. The number of nitro groups is 1. The maximum atomic E-state index is 13.6. The lowest BCUT2D eigenvalue weighted by atomic mass is 10.2. The Labute approximate surface area is 127 Å². The SMILES string of the molecule is O=C(Nc1c(F)cccc1Cl)c1ccnc(Cl)c1[N+](=O)[O-]. The van der Waals surface area contributed by atoms with Gasteiger partial charge in [0, 0.05) is 6.20 Å². The lowest BCUT2D eigenvalue weighted by Crippen LogP contribution is -2.15. The highest BCUT2D eigenvalue weighted by molar-refractivity contribution is 6.34. The number of pyridine rings is 1. The van der Waals surface area contributed by atoms with E-state index in [1.165, 1.54) is 12.1 Å². The average molecular weight is 330 g/mol. The molecule has 1 aromatic carbocycles. The number of rotatable bonds is 3. The highest BCUT2D eigenvalue weighted by atomic mass is 35.5. The number of para-hydroxylation sites is 1. The first-order valence-electron chi connectivity index (χ1n) is 5.46. The number of hydrogen-bond acceptors (Lipinski definition) is 4. The summed E-state index contributed by atoms with van der Waals surface area (Å²) in [6, 6.07) is 4.93. The Morgan fingerprint density at radius 1 is 1.33 bits per heavy atom. The lowest BCUT2D eigenvalue weighted by Gasteiger charge is -2.08. The van der Waals surface area contributed by atoms with E-state index in [2.05, 4.69) is 10.3 Å². The van der Waals surface area contributed by atoms with E-state index < -0.39 is 27.5 Å². The molecule has 1 amide bonds. The fourth-order valence-corrected chi connectivity index (χ4v) is 2.02. The summed E-state index contributed by atoms with van der Waals surface area (Å²) in [5.41, 5.74) is -1.28. The normalized spacial score (nSPS) is 10.2. The molecule has 1 heterocycles. The van der Waals surface area contributed by atoms with Crippen molar-refractivity contribution in [2.24, 2.45) is 0 Å². The van der Waals surface area contributed by atoms with Crippen molar-refractivity contribution in [2.75, 3.05) is 5.32 Å². The second-order valence-electron chi connectivity index (χ2n) is 3.81. The minimum absolute atomic E-state index is 0.0360. The van der Waals surface area contributed by atoms with Gasteiger partial charge in [0.05, 0.1) is 15.6 Å². The Morgan fingerprint density at radius 3 is 2.67 bits per heavy atom. The summed E-state index contributed by atoms with van der Waals surface area (Å²) in [6.45, 7) is 0. The number of carbonyl (C=O) groups excluding carboxylic acids is 1. The van der Waals surface area contributed by atoms with E-state index in [0.717, 1.165) is 18.3 Å². The first-order valence-corrected chi connectivity index (χ1v) is 6.21. The zero-order chi connectivity index (χ0) is 15.6. The fourth-order valence-electron chi connectivity index (χ4n) is 1.58. The van der Waals surface area contributed by atoms with Crippen LogP contribution in [0.25, 0.3) is 0 Å². The van der Waals surface area contributed by atoms with Crippen LogP contribution in [0.3, 0.4) is 0 Å². The minimum atomic E-state index is -0.919. The lowest BCUT2D eigenvalue weighted by molar-refractivity contribution is -0.385. The van der Waals surface area contributed by atoms with E-state index in [4.69, 9.17) is 23.2 Å². The third-order valence-corrected chi connectivity index (χ3v) is 3.10. The van der Waals surface area contributed by atoms with Crippen LogP contribution in [0.2, 0.25) is 10.2 Å². The van der Waals surface area contributed by atoms with E-state index in [0.29, 0.717) is 0 Å². The maximum Gasteiger partial charge on any atom is 0.319 e. The van der Waals surface area contributed by atoms with Gasteiger partial charge in [-0.1, -0.05) is 29.3 Å². The molecule has 0 aliphatic rings. The smallest absolute Gasteiger partial charge is 0.318 e. The van der Waals surface area contributed by atoms with E-state index >= 15 is 0 Å². The standard InChI is InChI=1S/C12H6Cl2FN3O3/c13-7-2-1-3-8(15)9(7)17-12(19)6-4-5-16-11(14)10(6)18(20)21/h1-5H,(H,17,19). The van der Waals surface area contributed by atoms with Crippen LogP contribution in [0.15, 0.2) is 30.5 Å². The summed E-state index contributed by atoms with van der Waals surface area (Å²) < 4.78 is 13.6. The molecule has 0 unspecified atom stereocenters. The highest BCUT2D eigenvalue weighted by Crippen LogP contribution is 2.29. The number of nitrogens with zero attached hydrogens (tertiary/aromatic N) is 2. The van der Waals surface area contributed by atoms with Crippen LogP contribution >= 0.6 is 23.2 Å². The largest absolute Gasteiger partial charge is 0.319 e. The van der Waals surface area contributed by atoms with Crippen molar-refractivity contribution in [1.29, 1.82) is 0 Å². The van der Waals surface area contributed by atoms with E-state index in [1.807, 2.05) is 0 Å². The number of halogens is 3. The van der Waals surface area contributed by atoms with Crippen molar-refractivity contribution in [3.05, 3.63) is 62.1 Å². The molecular formula is C12H6Cl2FN3O3. The Kier molecular flexibility index (Phi) is 4.35. The van der Waals surface area contributed by atoms with Gasteiger partial charge in [-0.15, -0.1) is 0 Å². The van der Waals surface area contributed by atoms with Gasteiger partial charge in [-0.05, 0) is 18.2 Å². The zero-order valence-corrected chi connectivity index (χ0v) is 11.7. The van der Waals surface area contributed by atoms with Gasteiger partial charge in [-0.25, -0.2) is 9.37 Å². The Balaban J connectivity index is 2.43. The van der Waals surface area contributed by atoms with Crippen molar-refractivity contribution < 1.29 is 14.1 Å². The molecule has 0 atom stereocenters. The predicted molar refractivity (Wildman–Crippen MR) is 75.3 cm³/mol. The molecule has 21 heavy (non-hydrogen) atoms. The number of anilines is 1. The van der Waals surface area contributed by atoms with E-state index in [9.17, 15) is 19.3 Å². The molecule has 0 saturated carbocycles. The van der Waals surface area contributed by atoms with Gasteiger partial charge in [0.25, 0.3) is 5.91 Å². The highest BCUT2D eigenvalue weighted by Gasteiger charge is 2.25. The van der Waals surface area contributed by atoms with Gasteiger partial charge < -0.3 is 5.32 Å². The third-order valence-electron chi connectivity index (χ3n) is 2.51. The third kappa shape index (κ3) is 3.09. The number of carbonyl (C=O) groups is 1. The summed E-state index contributed by atoms with van der Waals surface area (Å²) >= 11 is 11.4. The van der Waals surface area contributed by atoms with Crippen molar-refractivity contribution >= 4 is 40.5 Å². The molecule has 0 bridgehead atoms. The molecule has 2 aromatic rings. The van der Waals surface area contributed by atoms with Gasteiger partial charge >= 0.3 is 5.69 Å². The average Bonchev–Trinajstić information content (AvgIpc) is 2.42. The van der Waals surface area contributed by atoms with Crippen molar-refractivity contribution in [3.8, 4) is 0 Å². The van der Waals surface area contributed by atoms with Gasteiger partial charge in [0.15, 0.2) is 0 Å². The van der Waals surface area contributed by atoms with Crippen LogP contribution < -0.4 is 5.32 Å². The maximum absolute atomic E-state index is 13.6. The summed E-state index contributed by atoms with van der Waals surface area (Å²) in [4.78, 5) is 25.7. The van der Waals surface area contributed by atoms with E-state index in [-0.39, 0.29) is 16.3 Å². The Bertz CT molecular complexity index is 719. The summed E-state index contributed by atoms with van der Waals surface area (Å²) in [7, 11) is 0. The predicted octanol–water partition coefficient (Wildman–Crippen LogP) is 3.69. The zero-order valence-electron chi connectivity index (χ0n) is 10.1. The minimum Gasteiger partial charge on any atom is -0.318 e. The second kappa shape index (κ2) is 6.02. The van der Waals surface area contributed by atoms with Gasteiger partial charge in [-0.3, -0.25) is 14.9 Å². The quantitative estimate of drug-likeness (QED) is 0.528.